The van der Waals surface area contributed by atoms with Crippen molar-refractivity contribution in [3.63, 3.8) is 0 Å². The average Bonchev–Trinajstić information content (AvgIpc) is 3.36. The first-order valence-corrected chi connectivity index (χ1v) is 14.3. The van der Waals surface area contributed by atoms with Gasteiger partial charge in [0.25, 0.3) is 10.2 Å². The summed E-state index contributed by atoms with van der Waals surface area (Å²) in [5.74, 6) is -1.52. The second-order valence-electron chi connectivity index (χ2n) is 10.1. The van der Waals surface area contributed by atoms with Crippen LogP contribution in [0, 0.1) is 23.2 Å². The van der Waals surface area contributed by atoms with Gasteiger partial charge in [0.05, 0.1) is 29.5 Å². The first kappa shape index (κ1) is 28.3. The number of carbonyl (C=O) groups excluding carboxylic acids is 2. The Morgan fingerprint density at radius 2 is 1.74 bits per heavy atom. The summed E-state index contributed by atoms with van der Waals surface area (Å²) in [5, 5.41) is 11.8. The molecule has 1 aromatic carbocycles. The van der Waals surface area contributed by atoms with Crippen molar-refractivity contribution in [3.8, 4) is 6.07 Å². The van der Waals surface area contributed by atoms with E-state index in [1.807, 2.05) is 6.92 Å². The van der Waals surface area contributed by atoms with Crippen molar-refractivity contribution in [3.05, 3.63) is 35.4 Å². The van der Waals surface area contributed by atoms with Crippen LogP contribution in [-0.4, -0.2) is 72.5 Å². The summed E-state index contributed by atoms with van der Waals surface area (Å²) in [7, 11) is -3.76. The average molecular weight is 556 g/mol. The molecule has 1 aromatic rings. The van der Waals surface area contributed by atoms with Gasteiger partial charge in [-0.05, 0) is 49.8 Å². The summed E-state index contributed by atoms with van der Waals surface area (Å²) in [5.41, 5.74) is -0.222. The van der Waals surface area contributed by atoms with E-state index in [-0.39, 0.29) is 37.4 Å². The van der Waals surface area contributed by atoms with Crippen molar-refractivity contribution >= 4 is 22.0 Å². The van der Waals surface area contributed by atoms with Gasteiger partial charge >= 0.3 is 6.18 Å². The van der Waals surface area contributed by atoms with Crippen molar-refractivity contribution in [2.45, 2.75) is 57.3 Å². The molecule has 1 N–H and O–H groups in total. The zero-order chi connectivity index (χ0) is 27.7. The fourth-order valence-electron chi connectivity index (χ4n) is 5.36. The minimum absolute atomic E-state index is 0.0306. The number of benzene rings is 1. The normalized spacial score (nSPS) is 24.4. The Kier molecular flexibility index (Phi) is 8.34. The van der Waals surface area contributed by atoms with Gasteiger partial charge in [0.2, 0.25) is 11.8 Å². The second kappa shape index (κ2) is 11.2. The lowest BCUT2D eigenvalue weighted by molar-refractivity contribution is -0.142. The van der Waals surface area contributed by atoms with E-state index in [1.165, 1.54) is 25.6 Å². The molecule has 0 unspecified atom stereocenters. The fourth-order valence-corrected chi connectivity index (χ4v) is 7.15. The van der Waals surface area contributed by atoms with Gasteiger partial charge in [-0.1, -0.05) is 19.1 Å². The minimum Gasteiger partial charge on any atom is -0.348 e. The molecule has 208 valence electrons. The maximum Gasteiger partial charge on any atom is 0.416 e. The standard InChI is InChI=1S/C25H32F3N5O4S/c1-2-21(18-7-9-20(10-8-18)25(26,27)28)30-23(34)22-6-4-12-33(22)24(35)19-5-3-11-31(16-19)38(36,37)32-14-17(13-29)15-32/h7-10,17,19,21-22H,2-6,11-12,14-16H2,1H3,(H,30,34)/t19-,21-,22+/m0/s1. The molecule has 4 rings (SSSR count). The summed E-state index contributed by atoms with van der Waals surface area (Å²) in [6.07, 6.45) is -1.88. The van der Waals surface area contributed by atoms with Crippen molar-refractivity contribution < 1.29 is 31.2 Å². The Hall–Kier alpha value is -2.69. The molecule has 3 atom stereocenters. The molecule has 38 heavy (non-hydrogen) atoms. The van der Waals surface area contributed by atoms with E-state index in [0.29, 0.717) is 50.8 Å². The van der Waals surface area contributed by atoms with Gasteiger partial charge in [-0.25, -0.2) is 0 Å². The highest BCUT2D eigenvalue weighted by molar-refractivity contribution is 7.86. The smallest absolute Gasteiger partial charge is 0.348 e. The summed E-state index contributed by atoms with van der Waals surface area (Å²) in [6, 6.07) is 5.50. The van der Waals surface area contributed by atoms with Crippen LogP contribution in [0.5, 0.6) is 0 Å². The minimum atomic E-state index is -4.45. The van der Waals surface area contributed by atoms with E-state index < -0.39 is 40.0 Å². The maximum atomic E-state index is 13.5. The van der Waals surface area contributed by atoms with Crippen LogP contribution >= 0.6 is 0 Å². The van der Waals surface area contributed by atoms with Crippen LogP contribution in [0.15, 0.2) is 24.3 Å². The summed E-state index contributed by atoms with van der Waals surface area (Å²) < 4.78 is 67.2. The predicted octanol–water partition coefficient (Wildman–Crippen LogP) is 2.68. The van der Waals surface area contributed by atoms with Crippen LogP contribution in [0.1, 0.15) is 56.2 Å². The number of carbonyl (C=O) groups is 2. The number of amides is 2. The lowest BCUT2D eigenvalue weighted by atomic mass is 9.97. The van der Waals surface area contributed by atoms with Gasteiger partial charge in [0.15, 0.2) is 0 Å². The monoisotopic (exact) mass is 555 g/mol. The molecule has 3 saturated heterocycles. The molecule has 9 nitrogen and oxygen atoms in total. The van der Waals surface area contributed by atoms with Crippen molar-refractivity contribution in [2.24, 2.45) is 11.8 Å². The van der Waals surface area contributed by atoms with Gasteiger partial charge in [-0.3, -0.25) is 9.59 Å². The van der Waals surface area contributed by atoms with E-state index in [1.54, 1.807) is 0 Å². The summed E-state index contributed by atoms with van der Waals surface area (Å²) in [6.45, 7) is 2.83. The van der Waals surface area contributed by atoms with Crippen molar-refractivity contribution in [1.82, 2.24) is 18.8 Å². The molecule has 3 aliphatic heterocycles. The fraction of sp³-hybridized carbons (Fsp3) is 0.640. The molecule has 2 amide bonds. The van der Waals surface area contributed by atoms with E-state index in [9.17, 15) is 31.2 Å². The van der Waals surface area contributed by atoms with Gasteiger partial charge in [-0.2, -0.15) is 35.5 Å². The molecule has 13 heteroatoms. The Morgan fingerprint density at radius 1 is 1.08 bits per heavy atom. The first-order valence-electron chi connectivity index (χ1n) is 12.9. The number of likely N-dealkylation sites (tertiary alicyclic amines) is 1. The zero-order valence-electron chi connectivity index (χ0n) is 21.2. The molecule has 0 saturated carbocycles. The van der Waals surface area contributed by atoms with E-state index >= 15 is 0 Å². The highest BCUT2D eigenvalue weighted by Crippen LogP contribution is 2.32. The Labute approximate surface area is 220 Å². The number of alkyl halides is 3. The zero-order valence-corrected chi connectivity index (χ0v) is 22.0. The molecule has 0 aromatic heterocycles. The Morgan fingerprint density at radius 3 is 2.34 bits per heavy atom. The molecule has 3 fully saturated rings. The third-order valence-corrected chi connectivity index (χ3v) is 9.56. The molecule has 0 aliphatic carbocycles. The molecule has 0 spiro atoms. The Balaban J connectivity index is 1.39. The lowest BCUT2D eigenvalue weighted by Crippen LogP contribution is -2.57. The number of rotatable bonds is 7. The van der Waals surface area contributed by atoms with Crippen LogP contribution in [-0.2, 0) is 26.0 Å². The SMILES string of the molecule is CC[C@H](NC(=O)[C@H]1CCCN1C(=O)[C@H]1CCCN(S(=O)(=O)N2CC(C#N)C2)C1)c1ccc(C(F)(F)F)cc1. The van der Waals surface area contributed by atoms with Gasteiger partial charge in [-0.15, -0.1) is 0 Å². The van der Waals surface area contributed by atoms with Crippen molar-refractivity contribution in [2.75, 3.05) is 32.7 Å². The number of halogens is 3. The molecule has 3 heterocycles. The number of piperidine rings is 1. The summed E-state index contributed by atoms with van der Waals surface area (Å²) >= 11 is 0. The van der Waals surface area contributed by atoms with Crippen LogP contribution in [0.4, 0.5) is 13.2 Å². The molecule has 0 radical (unpaired) electrons. The number of nitrogens with one attached hydrogen (secondary N) is 1. The second-order valence-corrected chi connectivity index (χ2v) is 12.1. The van der Waals surface area contributed by atoms with Crippen LogP contribution in [0.25, 0.3) is 0 Å². The van der Waals surface area contributed by atoms with E-state index in [0.717, 1.165) is 12.1 Å². The van der Waals surface area contributed by atoms with Gasteiger partial charge in [0, 0.05) is 32.7 Å². The molecule has 3 aliphatic rings. The topological polar surface area (TPSA) is 114 Å². The molecular weight excluding hydrogens is 523 g/mol. The predicted molar refractivity (Wildman–Crippen MR) is 131 cm³/mol. The van der Waals surface area contributed by atoms with Crippen LogP contribution < -0.4 is 5.32 Å². The van der Waals surface area contributed by atoms with Crippen molar-refractivity contribution in [1.29, 1.82) is 5.26 Å². The number of nitrogens with zero attached hydrogens (tertiary/aromatic N) is 4. The maximum absolute atomic E-state index is 13.5. The number of nitriles is 1. The van der Waals surface area contributed by atoms with Gasteiger partial charge in [0.1, 0.15) is 6.04 Å². The lowest BCUT2D eigenvalue weighted by Gasteiger charge is -2.41. The van der Waals surface area contributed by atoms with E-state index in [2.05, 4.69) is 11.4 Å². The third-order valence-electron chi connectivity index (χ3n) is 7.62. The Bertz CT molecular complexity index is 1180. The quantitative estimate of drug-likeness (QED) is 0.556. The highest BCUT2D eigenvalue weighted by atomic mass is 32.2. The first-order chi connectivity index (χ1) is 18.0. The van der Waals surface area contributed by atoms with Gasteiger partial charge < -0.3 is 10.2 Å². The highest BCUT2D eigenvalue weighted by Gasteiger charge is 2.44. The number of hydrogen-bond donors (Lipinski definition) is 1. The van der Waals surface area contributed by atoms with Crippen LogP contribution in [0.2, 0.25) is 0 Å². The largest absolute Gasteiger partial charge is 0.416 e. The molecule has 0 bridgehead atoms. The molecular formula is C25H32F3N5O4S. The number of hydrogen-bond acceptors (Lipinski definition) is 5. The summed E-state index contributed by atoms with van der Waals surface area (Å²) in [4.78, 5) is 28.2. The van der Waals surface area contributed by atoms with E-state index in [4.69, 9.17) is 5.26 Å². The van der Waals surface area contributed by atoms with Crippen LogP contribution in [0.3, 0.4) is 0 Å². The third kappa shape index (κ3) is 5.82.